The molecule has 3 N–H and O–H groups in total. The number of amides is 1. The Balaban J connectivity index is 1.58. The maximum absolute atomic E-state index is 12.5. The molecule has 5 heteroatoms. The van der Waals surface area contributed by atoms with Crippen LogP contribution >= 0.6 is 11.3 Å². The first-order valence-electron chi connectivity index (χ1n) is 10.1. The second-order valence-corrected chi connectivity index (χ2v) is 8.34. The summed E-state index contributed by atoms with van der Waals surface area (Å²) in [5.41, 5.74) is 4.82. The average molecular weight is 409 g/mol. The molecule has 0 aliphatic rings. The van der Waals surface area contributed by atoms with Gasteiger partial charge in [-0.15, -0.1) is 11.3 Å². The largest absolute Gasteiger partial charge is 0.378 e. The number of aryl methyl sites for hydroxylation is 1. The van der Waals surface area contributed by atoms with Gasteiger partial charge in [0.05, 0.1) is 4.88 Å². The number of nitrogens with one attached hydrogen (secondary N) is 1. The molecule has 29 heavy (non-hydrogen) atoms. The van der Waals surface area contributed by atoms with Gasteiger partial charge in [-0.05, 0) is 41.1 Å². The lowest BCUT2D eigenvalue weighted by Gasteiger charge is -2.15. The Morgan fingerprint density at radius 3 is 2.31 bits per heavy atom. The molecule has 2 aromatic carbocycles. The normalized spacial score (nSPS) is 11.8. The van der Waals surface area contributed by atoms with Crippen LogP contribution in [0, 0.1) is 0 Å². The number of hydrogen-bond donors (Lipinski definition) is 2. The number of carbonyl (C=O) groups excluding carboxylic acids is 1. The Morgan fingerprint density at radius 1 is 1.03 bits per heavy atom. The van der Waals surface area contributed by atoms with E-state index in [9.17, 15) is 4.79 Å². The number of benzene rings is 2. The molecule has 0 unspecified atom stereocenters. The summed E-state index contributed by atoms with van der Waals surface area (Å²) in [7, 11) is 4.04. The van der Waals surface area contributed by atoms with E-state index in [0.717, 1.165) is 17.7 Å². The molecule has 1 heterocycles. The smallest absolute Gasteiger partial charge is 0.275 e. The van der Waals surface area contributed by atoms with Gasteiger partial charge in [0.1, 0.15) is 6.04 Å². The molecule has 0 aliphatic carbocycles. The highest BCUT2D eigenvalue weighted by Crippen LogP contribution is 2.23. The fourth-order valence-electron chi connectivity index (χ4n) is 3.26. The van der Waals surface area contributed by atoms with Crippen LogP contribution in [0.1, 0.15) is 34.5 Å². The summed E-state index contributed by atoms with van der Waals surface area (Å²) in [6, 6.07) is 21.3. The molecule has 0 aliphatic heterocycles. The summed E-state index contributed by atoms with van der Waals surface area (Å²) in [6.07, 6.45) is 1.03. The molecule has 1 amide bonds. The molecule has 3 rings (SSSR count). The summed E-state index contributed by atoms with van der Waals surface area (Å²) in [4.78, 5) is 15.8. The van der Waals surface area contributed by atoms with Gasteiger partial charge in [0.15, 0.2) is 6.54 Å². The Hall–Kier alpha value is -2.63. The third kappa shape index (κ3) is 5.92. The van der Waals surface area contributed by atoms with Crippen LogP contribution in [0.25, 0.3) is 0 Å². The third-order valence-corrected chi connectivity index (χ3v) is 6.03. The molecule has 4 nitrogen and oxygen atoms in total. The van der Waals surface area contributed by atoms with E-state index in [4.69, 9.17) is 0 Å². The van der Waals surface area contributed by atoms with Gasteiger partial charge in [0.2, 0.25) is 0 Å². The van der Waals surface area contributed by atoms with E-state index in [0.29, 0.717) is 13.1 Å². The van der Waals surface area contributed by atoms with E-state index >= 15 is 0 Å². The van der Waals surface area contributed by atoms with Crippen molar-refractivity contribution in [3.8, 4) is 0 Å². The van der Waals surface area contributed by atoms with E-state index in [1.807, 2.05) is 14.1 Å². The van der Waals surface area contributed by atoms with Crippen molar-refractivity contribution < 1.29 is 10.1 Å². The van der Waals surface area contributed by atoms with Crippen molar-refractivity contribution in [2.45, 2.75) is 25.9 Å². The van der Waals surface area contributed by atoms with Crippen LogP contribution in [0.4, 0.5) is 5.69 Å². The van der Waals surface area contributed by atoms with E-state index < -0.39 is 0 Å². The van der Waals surface area contributed by atoms with Gasteiger partial charge in [-0.2, -0.15) is 0 Å². The standard InChI is InChI=1S/C24H29N3OS/c1-4-18-7-11-20(12-8-18)24(22-6-5-15-29-22)26-17-23(28)25-16-19-9-13-21(14-10-19)27(2)3/h5-15,24,26H,4,16-17H2,1-3H3,(H,25,28)/p+1/t24-/m0/s1. The molecule has 0 saturated carbocycles. The maximum Gasteiger partial charge on any atom is 0.275 e. The van der Waals surface area contributed by atoms with Crippen molar-refractivity contribution in [2.75, 3.05) is 25.5 Å². The molecule has 0 saturated heterocycles. The van der Waals surface area contributed by atoms with Gasteiger partial charge < -0.3 is 15.5 Å². The molecule has 3 aromatic rings. The van der Waals surface area contributed by atoms with Crippen molar-refractivity contribution in [1.29, 1.82) is 0 Å². The predicted molar refractivity (Wildman–Crippen MR) is 121 cm³/mol. The SMILES string of the molecule is CCc1ccc([C@H]([NH2+]CC(=O)NCc2ccc(N(C)C)cc2)c2cccs2)cc1. The van der Waals surface area contributed by atoms with Gasteiger partial charge in [-0.25, -0.2) is 0 Å². The van der Waals surface area contributed by atoms with E-state index in [2.05, 4.69) is 88.5 Å². The first-order valence-corrected chi connectivity index (χ1v) is 10.9. The van der Waals surface area contributed by atoms with Gasteiger partial charge >= 0.3 is 0 Å². The van der Waals surface area contributed by atoms with Crippen LogP contribution in [-0.2, 0) is 17.8 Å². The lowest BCUT2D eigenvalue weighted by molar-refractivity contribution is -0.676. The topological polar surface area (TPSA) is 49.0 Å². The minimum Gasteiger partial charge on any atom is -0.378 e. The molecule has 152 valence electrons. The lowest BCUT2D eigenvalue weighted by Crippen LogP contribution is -2.87. The van der Waals surface area contributed by atoms with Crippen molar-refractivity contribution in [3.05, 3.63) is 87.6 Å². The minimum absolute atomic E-state index is 0.0495. The molecular formula is C24H30N3OS+. The molecule has 0 fully saturated rings. The zero-order valence-corrected chi connectivity index (χ0v) is 18.2. The summed E-state index contributed by atoms with van der Waals surface area (Å²) >= 11 is 1.73. The van der Waals surface area contributed by atoms with Crippen LogP contribution in [0.5, 0.6) is 0 Å². The highest BCUT2D eigenvalue weighted by Gasteiger charge is 2.20. The highest BCUT2D eigenvalue weighted by atomic mass is 32.1. The number of thiophene rings is 1. The first-order chi connectivity index (χ1) is 14.1. The quantitative estimate of drug-likeness (QED) is 0.570. The van der Waals surface area contributed by atoms with Crippen LogP contribution in [0.15, 0.2) is 66.0 Å². The Labute approximate surface area is 177 Å². The number of rotatable bonds is 9. The van der Waals surface area contributed by atoms with Crippen LogP contribution in [0.2, 0.25) is 0 Å². The zero-order chi connectivity index (χ0) is 20.6. The predicted octanol–water partition coefficient (Wildman–Crippen LogP) is 3.35. The Kier molecular flexibility index (Phi) is 7.44. The molecule has 1 atom stereocenters. The lowest BCUT2D eigenvalue weighted by atomic mass is 10.0. The maximum atomic E-state index is 12.5. The molecule has 0 radical (unpaired) electrons. The van der Waals surface area contributed by atoms with Gasteiger partial charge in [-0.1, -0.05) is 49.4 Å². The minimum atomic E-state index is 0.0495. The molecule has 1 aromatic heterocycles. The molecular weight excluding hydrogens is 378 g/mol. The average Bonchev–Trinajstić information content (AvgIpc) is 3.27. The number of carbonyl (C=O) groups is 1. The van der Waals surface area contributed by atoms with E-state index in [1.165, 1.54) is 16.0 Å². The fourth-order valence-corrected chi connectivity index (χ4v) is 4.11. The van der Waals surface area contributed by atoms with Crippen LogP contribution < -0.4 is 15.5 Å². The highest BCUT2D eigenvalue weighted by molar-refractivity contribution is 7.10. The second kappa shape index (κ2) is 10.2. The Bertz CT molecular complexity index is 887. The summed E-state index contributed by atoms with van der Waals surface area (Å²) in [5.74, 6) is 0.0495. The van der Waals surface area contributed by atoms with Crippen molar-refractivity contribution in [1.82, 2.24) is 5.32 Å². The van der Waals surface area contributed by atoms with Gasteiger partial charge in [-0.3, -0.25) is 4.79 Å². The number of nitrogens with zero attached hydrogens (tertiary/aromatic N) is 1. The zero-order valence-electron chi connectivity index (χ0n) is 17.4. The monoisotopic (exact) mass is 408 g/mol. The fraction of sp³-hybridized carbons (Fsp3) is 0.292. The molecule has 0 bridgehead atoms. The van der Waals surface area contributed by atoms with E-state index in [1.54, 1.807) is 11.3 Å². The number of hydrogen-bond acceptors (Lipinski definition) is 3. The summed E-state index contributed by atoms with van der Waals surface area (Å²) in [5, 5.41) is 7.25. The van der Waals surface area contributed by atoms with Crippen LogP contribution in [0.3, 0.4) is 0 Å². The third-order valence-electron chi connectivity index (χ3n) is 5.08. The summed E-state index contributed by atoms with van der Waals surface area (Å²) < 4.78 is 0. The van der Waals surface area contributed by atoms with Crippen molar-refractivity contribution in [2.24, 2.45) is 0 Å². The van der Waals surface area contributed by atoms with Gasteiger partial charge in [0, 0.05) is 31.9 Å². The number of nitrogens with two attached hydrogens (primary N) is 1. The van der Waals surface area contributed by atoms with Gasteiger partial charge in [0.25, 0.3) is 5.91 Å². The number of quaternary nitrogens is 1. The van der Waals surface area contributed by atoms with E-state index in [-0.39, 0.29) is 11.9 Å². The molecule has 0 spiro atoms. The van der Waals surface area contributed by atoms with Crippen molar-refractivity contribution in [3.63, 3.8) is 0 Å². The van der Waals surface area contributed by atoms with Crippen LogP contribution in [-0.4, -0.2) is 26.5 Å². The second-order valence-electron chi connectivity index (χ2n) is 7.37. The first kappa shape index (κ1) is 21.1. The summed E-state index contributed by atoms with van der Waals surface area (Å²) in [6.45, 7) is 3.11. The van der Waals surface area contributed by atoms with Crippen molar-refractivity contribution >= 4 is 22.9 Å². The number of anilines is 1. The Morgan fingerprint density at radius 2 is 1.72 bits per heavy atom.